The normalized spacial score (nSPS) is 16.7. The van der Waals surface area contributed by atoms with Crippen LogP contribution in [0.5, 0.6) is 5.75 Å². The third-order valence-corrected chi connectivity index (χ3v) is 4.45. The first-order valence-corrected chi connectivity index (χ1v) is 10.1. The van der Waals surface area contributed by atoms with E-state index in [4.69, 9.17) is 9.73 Å². The number of nitrogens with zero attached hydrogens (tertiary/aromatic N) is 2. The van der Waals surface area contributed by atoms with Crippen LogP contribution in [-0.4, -0.2) is 49.0 Å². The molecule has 0 aromatic heterocycles. The molecule has 1 aromatic carbocycles. The third-order valence-electron chi connectivity index (χ3n) is 4.45. The van der Waals surface area contributed by atoms with Crippen molar-refractivity contribution < 1.29 is 9.53 Å². The van der Waals surface area contributed by atoms with E-state index in [1.54, 1.807) is 0 Å². The maximum atomic E-state index is 11.8. The number of ether oxygens (including phenoxy) is 1. The standard InChI is InChI=1S/C21H34N4O2.HI/c1-5-20(26)25-12-11-18(14-25)24-21(22-6-2)23-13-17-7-9-19(10-8-17)27-15-16(3)4;/h7-10,16,18H,5-6,11-15H2,1-4H3,(H2,22,23,24);1H. The van der Waals surface area contributed by atoms with E-state index >= 15 is 0 Å². The summed E-state index contributed by atoms with van der Waals surface area (Å²) in [5.74, 6) is 2.43. The second-order valence-electron chi connectivity index (χ2n) is 7.37. The number of rotatable bonds is 8. The molecule has 158 valence electrons. The number of hydrogen-bond donors (Lipinski definition) is 2. The van der Waals surface area contributed by atoms with Crippen LogP contribution in [0.1, 0.15) is 46.1 Å². The first-order chi connectivity index (χ1) is 13.0. The predicted molar refractivity (Wildman–Crippen MR) is 125 cm³/mol. The van der Waals surface area contributed by atoms with Crippen molar-refractivity contribution in [2.45, 2.75) is 53.1 Å². The van der Waals surface area contributed by atoms with E-state index in [9.17, 15) is 4.79 Å². The molecule has 1 atom stereocenters. The Balaban J connectivity index is 0.00000392. The van der Waals surface area contributed by atoms with Crippen molar-refractivity contribution in [3.05, 3.63) is 29.8 Å². The van der Waals surface area contributed by atoms with Crippen LogP contribution in [0, 0.1) is 5.92 Å². The van der Waals surface area contributed by atoms with Crippen molar-refractivity contribution in [2.75, 3.05) is 26.2 Å². The molecule has 2 rings (SSSR count). The van der Waals surface area contributed by atoms with E-state index in [0.29, 0.717) is 18.9 Å². The summed E-state index contributed by atoms with van der Waals surface area (Å²) in [5.41, 5.74) is 1.14. The van der Waals surface area contributed by atoms with Crippen LogP contribution in [0.3, 0.4) is 0 Å². The van der Waals surface area contributed by atoms with Gasteiger partial charge >= 0.3 is 0 Å². The van der Waals surface area contributed by atoms with E-state index in [1.807, 2.05) is 24.0 Å². The lowest BCUT2D eigenvalue weighted by Crippen LogP contribution is -2.45. The van der Waals surface area contributed by atoms with Gasteiger partial charge in [-0.3, -0.25) is 4.79 Å². The van der Waals surface area contributed by atoms with E-state index in [-0.39, 0.29) is 35.9 Å². The van der Waals surface area contributed by atoms with Crippen LogP contribution in [-0.2, 0) is 11.3 Å². The van der Waals surface area contributed by atoms with Crippen LogP contribution in [0.2, 0.25) is 0 Å². The van der Waals surface area contributed by atoms with Crippen molar-refractivity contribution in [3.63, 3.8) is 0 Å². The molecule has 1 amide bonds. The summed E-state index contributed by atoms with van der Waals surface area (Å²) in [7, 11) is 0. The molecule has 0 saturated carbocycles. The predicted octanol–water partition coefficient (Wildman–Crippen LogP) is 3.41. The number of aliphatic imine (C=N–C) groups is 1. The Kier molecular flexibility index (Phi) is 11.3. The fourth-order valence-electron chi connectivity index (χ4n) is 2.97. The highest BCUT2D eigenvalue weighted by Crippen LogP contribution is 2.14. The number of carbonyl (C=O) groups is 1. The van der Waals surface area contributed by atoms with Gasteiger partial charge in [-0.1, -0.05) is 32.9 Å². The van der Waals surface area contributed by atoms with Gasteiger partial charge in [0.25, 0.3) is 0 Å². The van der Waals surface area contributed by atoms with E-state index in [0.717, 1.165) is 49.9 Å². The topological polar surface area (TPSA) is 66.0 Å². The average molecular weight is 502 g/mol. The number of halogens is 1. The Hall–Kier alpha value is -1.51. The number of hydrogen-bond acceptors (Lipinski definition) is 3. The van der Waals surface area contributed by atoms with E-state index < -0.39 is 0 Å². The molecule has 1 fully saturated rings. The highest BCUT2D eigenvalue weighted by molar-refractivity contribution is 14.0. The largest absolute Gasteiger partial charge is 0.493 e. The molecule has 1 aliphatic rings. The van der Waals surface area contributed by atoms with E-state index in [1.165, 1.54) is 0 Å². The van der Waals surface area contributed by atoms with Gasteiger partial charge in [0.1, 0.15) is 5.75 Å². The molecule has 1 heterocycles. The molecule has 1 unspecified atom stereocenters. The lowest BCUT2D eigenvalue weighted by molar-refractivity contribution is -0.129. The molecule has 0 radical (unpaired) electrons. The van der Waals surface area contributed by atoms with Gasteiger partial charge in [-0.15, -0.1) is 24.0 Å². The molecule has 6 nitrogen and oxygen atoms in total. The number of amides is 1. The Morgan fingerprint density at radius 2 is 2.00 bits per heavy atom. The summed E-state index contributed by atoms with van der Waals surface area (Å²) in [6.45, 7) is 11.9. The Labute approximate surface area is 186 Å². The SMILES string of the molecule is CCNC(=NCc1ccc(OCC(C)C)cc1)NC1CCN(C(=O)CC)C1.I. The molecule has 1 aromatic rings. The number of nitrogens with one attached hydrogen (secondary N) is 2. The zero-order valence-electron chi connectivity index (χ0n) is 17.5. The molecule has 28 heavy (non-hydrogen) atoms. The zero-order chi connectivity index (χ0) is 19.6. The maximum Gasteiger partial charge on any atom is 0.222 e. The summed E-state index contributed by atoms with van der Waals surface area (Å²) >= 11 is 0. The van der Waals surface area contributed by atoms with Gasteiger partial charge < -0.3 is 20.3 Å². The molecular formula is C21H35IN4O2. The third kappa shape index (κ3) is 8.24. The summed E-state index contributed by atoms with van der Waals surface area (Å²) in [4.78, 5) is 18.5. The van der Waals surface area contributed by atoms with Gasteiger partial charge in [-0.05, 0) is 37.0 Å². The highest BCUT2D eigenvalue weighted by atomic mass is 127. The summed E-state index contributed by atoms with van der Waals surface area (Å²) in [6.07, 6.45) is 1.52. The number of carbonyl (C=O) groups excluding carboxylic acids is 1. The average Bonchev–Trinajstić information content (AvgIpc) is 3.13. The van der Waals surface area contributed by atoms with Crippen molar-refractivity contribution in [2.24, 2.45) is 10.9 Å². The minimum atomic E-state index is 0. The fraction of sp³-hybridized carbons (Fsp3) is 0.619. The minimum absolute atomic E-state index is 0. The fourth-order valence-corrected chi connectivity index (χ4v) is 2.97. The lowest BCUT2D eigenvalue weighted by Gasteiger charge is -2.18. The molecule has 0 spiro atoms. The molecular weight excluding hydrogens is 467 g/mol. The van der Waals surface area contributed by atoms with Crippen LogP contribution in [0.15, 0.2) is 29.3 Å². The molecule has 2 N–H and O–H groups in total. The Morgan fingerprint density at radius 1 is 1.29 bits per heavy atom. The Bertz CT molecular complexity index is 619. The van der Waals surface area contributed by atoms with Gasteiger partial charge in [-0.2, -0.15) is 0 Å². The van der Waals surface area contributed by atoms with Crippen molar-refractivity contribution >= 4 is 35.8 Å². The summed E-state index contributed by atoms with van der Waals surface area (Å²) in [5, 5.41) is 6.75. The quantitative estimate of drug-likeness (QED) is 0.325. The summed E-state index contributed by atoms with van der Waals surface area (Å²) in [6, 6.07) is 8.36. The molecule has 1 aliphatic heterocycles. The van der Waals surface area contributed by atoms with Crippen molar-refractivity contribution in [3.8, 4) is 5.75 Å². The molecule has 0 bridgehead atoms. The van der Waals surface area contributed by atoms with Crippen molar-refractivity contribution in [1.29, 1.82) is 0 Å². The van der Waals surface area contributed by atoms with Crippen LogP contribution >= 0.6 is 24.0 Å². The Morgan fingerprint density at radius 3 is 2.61 bits per heavy atom. The van der Waals surface area contributed by atoms with Gasteiger partial charge in [0.15, 0.2) is 5.96 Å². The molecule has 7 heteroatoms. The molecule has 1 saturated heterocycles. The van der Waals surface area contributed by atoms with Gasteiger partial charge in [0.2, 0.25) is 5.91 Å². The first-order valence-electron chi connectivity index (χ1n) is 10.1. The number of benzene rings is 1. The highest BCUT2D eigenvalue weighted by Gasteiger charge is 2.25. The monoisotopic (exact) mass is 502 g/mol. The summed E-state index contributed by atoms with van der Waals surface area (Å²) < 4.78 is 5.72. The second-order valence-corrected chi connectivity index (χ2v) is 7.37. The van der Waals surface area contributed by atoms with Crippen molar-refractivity contribution in [1.82, 2.24) is 15.5 Å². The van der Waals surface area contributed by atoms with E-state index in [2.05, 4.69) is 43.5 Å². The second kappa shape index (κ2) is 12.9. The van der Waals surface area contributed by atoms with Gasteiger partial charge in [-0.25, -0.2) is 4.99 Å². The molecule has 0 aliphatic carbocycles. The van der Waals surface area contributed by atoms with Gasteiger partial charge in [0.05, 0.1) is 13.2 Å². The maximum absolute atomic E-state index is 11.8. The minimum Gasteiger partial charge on any atom is -0.493 e. The lowest BCUT2D eigenvalue weighted by atomic mass is 10.2. The zero-order valence-corrected chi connectivity index (χ0v) is 19.9. The van der Waals surface area contributed by atoms with Crippen LogP contribution in [0.25, 0.3) is 0 Å². The van der Waals surface area contributed by atoms with Gasteiger partial charge in [0, 0.05) is 32.1 Å². The number of likely N-dealkylation sites (tertiary alicyclic amines) is 1. The van der Waals surface area contributed by atoms with Crippen LogP contribution < -0.4 is 15.4 Å². The smallest absolute Gasteiger partial charge is 0.222 e. The number of guanidine groups is 1. The van der Waals surface area contributed by atoms with Crippen LogP contribution in [0.4, 0.5) is 0 Å². The first kappa shape index (κ1) is 24.5.